The van der Waals surface area contributed by atoms with E-state index in [1.165, 1.54) is 4.31 Å². The Morgan fingerprint density at radius 1 is 0.893 bits per heavy atom. The van der Waals surface area contributed by atoms with Crippen molar-refractivity contribution in [3.63, 3.8) is 0 Å². The molecule has 0 radical (unpaired) electrons. The van der Waals surface area contributed by atoms with Gasteiger partial charge in [-0.05, 0) is 24.6 Å². The quantitative estimate of drug-likeness (QED) is 0.663. The molecule has 0 aliphatic carbocycles. The lowest BCUT2D eigenvalue weighted by Gasteiger charge is -2.33. The second kappa shape index (κ2) is 7.61. The van der Waals surface area contributed by atoms with Crippen molar-refractivity contribution in [2.24, 2.45) is 0 Å². The summed E-state index contributed by atoms with van der Waals surface area (Å²) >= 11 is 0. The van der Waals surface area contributed by atoms with Crippen LogP contribution in [0.25, 0.3) is 11.3 Å². The van der Waals surface area contributed by atoms with Crippen LogP contribution < -0.4 is 4.90 Å². The van der Waals surface area contributed by atoms with E-state index in [0.717, 1.165) is 5.56 Å². The first-order valence-corrected chi connectivity index (χ1v) is 10.4. The fourth-order valence-corrected chi connectivity index (χ4v) is 4.68. The summed E-state index contributed by atoms with van der Waals surface area (Å²) in [5.41, 5.74) is 2.14. The van der Waals surface area contributed by atoms with Crippen LogP contribution in [0.5, 0.6) is 0 Å². The first-order valence-electron chi connectivity index (χ1n) is 8.97. The molecule has 3 aromatic rings. The standard InChI is InChI=1S/C19H20N6O2S/c1-15-14-17(16-6-3-2-4-7-16)22-23-18(15)28(26,27)25-12-10-24(11-13-25)19-20-8-5-9-21-19/h2-9,14H,10-13H2,1H3. The van der Waals surface area contributed by atoms with Crippen molar-refractivity contribution < 1.29 is 8.42 Å². The maximum atomic E-state index is 13.1. The van der Waals surface area contributed by atoms with Gasteiger partial charge in [-0.25, -0.2) is 18.4 Å². The van der Waals surface area contributed by atoms with Crippen molar-refractivity contribution in [2.75, 3.05) is 31.1 Å². The van der Waals surface area contributed by atoms with E-state index in [2.05, 4.69) is 20.2 Å². The van der Waals surface area contributed by atoms with Gasteiger partial charge in [0.05, 0.1) is 5.69 Å². The van der Waals surface area contributed by atoms with Gasteiger partial charge in [0, 0.05) is 44.1 Å². The van der Waals surface area contributed by atoms with Crippen molar-refractivity contribution >= 4 is 16.0 Å². The molecular formula is C19H20N6O2S. The molecule has 2 aromatic heterocycles. The summed E-state index contributed by atoms with van der Waals surface area (Å²) in [5.74, 6) is 0.614. The first-order chi connectivity index (χ1) is 13.6. The fraction of sp³-hybridized carbons (Fsp3) is 0.263. The lowest BCUT2D eigenvalue weighted by Crippen LogP contribution is -2.49. The number of sulfonamides is 1. The molecule has 0 spiro atoms. The molecule has 0 unspecified atom stereocenters. The predicted octanol–water partition coefficient (Wildman–Crippen LogP) is 1.75. The minimum absolute atomic E-state index is 0.0107. The Morgan fingerprint density at radius 3 is 2.21 bits per heavy atom. The fourth-order valence-electron chi connectivity index (χ4n) is 3.18. The highest BCUT2D eigenvalue weighted by Crippen LogP contribution is 2.23. The second-order valence-electron chi connectivity index (χ2n) is 6.52. The third-order valence-electron chi connectivity index (χ3n) is 4.67. The van der Waals surface area contributed by atoms with Crippen LogP contribution in [0.4, 0.5) is 5.95 Å². The third-order valence-corrected chi connectivity index (χ3v) is 6.60. The summed E-state index contributed by atoms with van der Waals surface area (Å²) in [6.07, 6.45) is 3.36. The van der Waals surface area contributed by atoms with Crippen LogP contribution >= 0.6 is 0 Å². The maximum Gasteiger partial charge on any atom is 0.262 e. The molecule has 0 bridgehead atoms. The third kappa shape index (κ3) is 3.58. The van der Waals surface area contributed by atoms with Crippen LogP contribution in [-0.2, 0) is 10.0 Å². The first kappa shape index (κ1) is 18.5. The largest absolute Gasteiger partial charge is 0.338 e. The molecule has 9 heteroatoms. The van der Waals surface area contributed by atoms with Gasteiger partial charge in [0.15, 0.2) is 5.03 Å². The molecule has 1 saturated heterocycles. The van der Waals surface area contributed by atoms with E-state index >= 15 is 0 Å². The van der Waals surface area contributed by atoms with Gasteiger partial charge in [0.25, 0.3) is 10.0 Å². The number of anilines is 1. The highest BCUT2D eigenvalue weighted by atomic mass is 32.2. The Bertz CT molecular complexity index is 1050. The highest BCUT2D eigenvalue weighted by molar-refractivity contribution is 7.89. The molecule has 1 aromatic carbocycles. The Kier molecular flexibility index (Phi) is 5.01. The Hall–Kier alpha value is -2.91. The van der Waals surface area contributed by atoms with Gasteiger partial charge in [-0.1, -0.05) is 30.3 Å². The lowest BCUT2D eigenvalue weighted by molar-refractivity contribution is 0.380. The van der Waals surface area contributed by atoms with Gasteiger partial charge in [-0.2, -0.15) is 4.31 Å². The van der Waals surface area contributed by atoms with E-state index in [1.54, 1.807) is 31.5 Å². The zero-order chi connectivity index (χ0) is 19.6. The average molecular weight is 396 g/mol. The number of nitrogens with zero attached hydrogens (tertiary/aromatic N) is 6. The summed E-state index contributed by atoms with van der Waals surface area (Å²) in [4.78, 5) is 10.4. The van der Waals surface area contributed by atoms with E-state index in [4.69, 9.17) is 0 Å². The molecule has 0 amide bonds. The second-order valence-corrected chi connectivity index (χ2v) is 8.38. The Balaban J connectivity index is 1.53. The number of benzene rings is 1. The molecule has 28 heavy (non-hydrogen) atoms. The molecule has 4 rings (SSSR count). The van der Waals surface area contributed by atoms with Gasteiger partial charge in [-0.15, -0.1) is 10.2 Å². The monoisotopic (exact) mass is 396 g/mol. The molecule has 3 heterocycles. The number of aromatic nitrogens is 4. The molecule has 0 N–H and O–H groups in total. The van der Waals surface area contributed by atoms with Crippen molar-refractivity contribution in [2.45, 2.75) is 11.9 Å². The minimum Gasteiger partial charge on any atom is -0.338 e. The molecule has 1 aliphatic rings. The van der Waals surface area contributed by atoms with E-state index in [0.29, 0.717) is 43.4 Å². The molecule has 0 saturated carbocycles. The van der Waals surface area contributed by atoms with E-state index in [1.807, 2.05) is 35.2 Å². The topological polar surface area (TPSA) is 92.2 Å². The molecule has 8 nitrogen and oxygen atoms in total. The van der Waals surface area contributed by atoms with Crippen LogP contribution in [0.2, 0.25) is 0 Å². The Labute approximate surface area is 163 Å². The number of rotatable bonds is 4. The van der Waals surface area contributed by atoms with E-state index in [-0.39, 0.29) is 5.03 Å². The van der Waals surface area contributed by atoms with E-state index < -0.39 is 10.0 Å². The van der Waals surface area contributed by atoms with E-state index in [9.17, 15) is 8.42 Å². The van der Waals surface area contributed by atoms with Crippen LogP contribution in [0.1, 0.15) is 5.56 Å². The van der Waals surface area contributed by atoms with Crippen molar-refractivity contribution in [1.29, 1.82) is 0 Å². The van der Waals surface area contributed by atoms with Crippen molar-refractivity contribution in [3.8, 4) is 11.3 Å². The number of hydrogen-bond acceptors (Lipinski definition) is 7. The van der Waals surface area contributed by atoms with Crippen molar-refractivity contribution in [3.05, 3.63) is 60.4 Å². The van der Waals surface area contributed by atoms with Gasteiger partial charge in [-0.3, -0.25) is 0 Å². The van der Waals surface area contributed by atoms with Crippen LogP contribution in [0.15, 0.2) is 59.9 Å². The zero-order valence-electron chi connectivity index (χ0n) is 15.4. The van der Waals surface area contributed by atoms with Gasteiger partial charge < -0.3 is 4.90 Å². The zero-order valence-corrected chi connectivity index (χ0v) is 16.2. The number of piperazine rings is 1. The number of aryl methyl sites for hydroxylation is 1. The average Bonchev–Trinajstić information content (AvgIpc) is 2.75. The summed E-state index contributed by atoms with van der Waals surface area (Å²) in [7, 11) is -3.71. The summed E-state index contributed by atoms with van der Waals surface area (Å²) in [5, 5.41) is 8.22. The van der Waals surface area contributed by atoms with Gasteiger partial charge >= 0.3 is 0 Å². The minimum atomic E-state index is -3.71. The van der Waals surface area contributed by atoms with Crippen LogP contribution in [0, 0.1) is 6.92 Å². The maximum absolute atomic E-state index is 13.1. The number of hydrogen-bond donors (Lipinski definition) is 0. The summed E-state index contributed by atoms with van der Waals surface area (Å²) in [6, 6.07) is 13.1. The predicted molar refractivity (Wildman–Crippen MR) is 105 cm³/mol. The van der Waals surface area contributed by atoms with Crippen molar-refractivity contribution in [1.82, 2.24) is 24.5 Å². The van der Waals surface area contributed by atoms with Crippen LogP contribution in [0.3, 0.4) is 0 Å². The summed E-state index contributed by atoms with van der Waals surface area (Å²) < 4.78 is 27.6. The lowest BCUT2D eigenvalue weighted by atomic mass is 10.1. The highest BCUT2D eigenvalue weighted by Gasteiger charge is 2.32. The SMILES string of the molecule is Cc1cc(-c2ccccc2)nnc1S(=O)(=O)N1CCN(c2ncccn2)CC1. The molecule has 1 fully saturated rings. The normalized spacial score (nSPS) is 15.5. The van der Waals surface area contributed by atoms with Gasteiger partial charge in [0.2, 0.25) is 5.95 Å². The molecule has 1 aliphatic heterocycles. The molecule has 144 valence electrons. The summed E-state index contributed by atoms with van der Waals surface area (Å²) in [6.45, 7) is 3.50. The smallest absolute Gasteiger partial charge is 0.262 e. The Morgan fingerprint density at radius 2 is 1.57 bits per heavy atom. The van der Waals surface area contributed by atoms with Gasteiger partial charge in [0.1, 0.15) is 0 Å². The molecule has 0 atom stereocenters. The molecular weight excluding hydrogens is 376 g/mol. The van der Waals surface area contributed by atoms with Crippen LogP contribution in [-0.4, -0.2) is 59.1 Å².